The van der Waals surface area contributed by atoms with Crippen LogP contribution in [0.4, 0.5) is 5.82 Å². The zero-order valence-electron chi connectivity index (χ0n) is 14.9. The molecule has 5 heteroatoms. The maximum Gasteiger partial charge on any atom is 0.191 e. The molecule has 1 aromatic rings. The number of nitrogens with one attached hydrogen (secondary N) is 2. The van der Waals surface area contributed by atoms with Crippen LogP contribution in [0.1, 0.15) is 51.0 Å². The van der Waals surface area contributed by atoms with Crippen LogP contribution in [-0.2, 0) is 6.54 Å². The molecule has 2 heterocycles. The summed E-state index contributed by atoms with van der Waals surface area (Å²) in [6, 6.07) is 4.29. The lowest BCUT2D eigenvalue weighted by Gasteiger charge is -2.21. The van der Waals surface area contributed by atoms with E-state index in [4.69, 9.17) is 4.99 Å². The Morgan fingerprint density at radius 2 is 2.00 bits per heavy atom. The van der Waals surface area contributed by atoms with E-state index in [0.29, 0.717) is 6.54 Å². The van der Waals surface area contributed by atoms with E-state index in [1.54, 1.807) is 0 Å². The molecule has 2 fully saturated rings. The molecule has 0 radical (unpaired) electrons. The highest BCUT2D eigenvalue weighted by atomic mass is 15.2. The minimum Gasteiger partial charge on any atom is -0.357 e. The van der Waals surface area contributed by atoms with Crippen molar-refractivity contribution in [2.45, 2.75) is 52.0 Å². The van der Waals surface area contributed by atoms with Crippen LogP contribution in [0.3, 0.4) is 0 Å². The van der Waals surface area contributed by atoms with Gasteiger partial charge in [0.25, 0.3) is 0 Å². The van der Waals surface area contributed by atoms with Gasteiger partial charge in [0, 0.05) is 32.4 Å². The molecule has 132 valence electrons. The van der Waals surface area contributed by atoms with Gasteiger partial charge in [-0.15, -0.1) is 0 Å². The fourth-order valence-electron chi connectivity index (χ4n) is 3.11. The summed E-state index contributed by atoms with van der Waals surface area (Å²) >= 11 is 0. The monoisotopic (exact) mass is 329 g/mol. The summed E-state index contributed by atoms with van der Waals surface area (Å²) in [7, 11) is 0. The highest BCUT2D eigenvalue weighted by Gasteiger charge is 2.21. The normalized spacial score (nSPS) is 19.0. The Balaban J connectivity index is 1.60. The van der Waals surface area contributed by atoms with Crippen molar-refractivity contribution >= 4 is 11.8 Å². The molecule has 1 aliphatic heterocycles. The Labute approximate surface area is 146 Å². The summed E-state index contributed by atoms with van der Waals surface area (Å²) in [5, 5.41) is 6.79. The van der Waals surface area contributed by atoms with Crippen LogP contribution in [0.25, 0.3) is 0 Å². The Bertz CT molecular complexity index is 530. The molecule has 0 aromatic carbocycles. The van der Waals surface area contributed by atoms with E-state index >= 15 is 0 Å². The summed E-state index contributed by atoms with van der Waals surface area (Å²) < 4.78 is 0. The average molecular weight is 329 g/mol. The second-order valence-corrected chi connectivity index (χ2v) is 6.94. The maximum absolute atomic E-state index is 4.74. The molecule has 1 aromatic heterocycles. The SMILES string of the molecule is CCNC(=NCc1ccnc(N2CCCCCC2)c1)NCC1CC1. The van der Waals surface area contributed by atoms with E-state index in [2.05, 4.69) is 39.6 Å². The van der Waals surface area contributed by atoms with E-state index in [1.165, 1.54) is 44.1 Å². The van der Waals surface area contributed by atoms with Crippen molar-refractivity contribution in [2.24, 2.45) is 10.9 Å². The van der Waals surface area contributed by atoms with Crippen molar-refractivity contribution in [3.63, 3.8) is 0 Å². The number of hydrogen-bond acceptors (Lipinski definition) is 3. The first-order valence-corrected chi connectivity index (χ1v) is 9.57. The third-order valence-electron chi connectivity index (χ3n) is 4.76. The molecule has 0 unspecified atom stereocenters. The summed E-state index contributed by atoms with van der Waals surface area (Å²) in [4.78, 5) is 11.7. The van der Waals surface area contributed by atoms with Crippen molar-refractivity contribution in [1.29, 1.82) is 0 Å². The average Bonchev–Trinajstić information content (AvgIpc) is 3.44. The Morgan fingerprint density at radius 3 is 2.71 bits per heavy atom. The summed E-state index contributed by atoms with van der Waals surface area (Å²) in [5.41, 5.74) is 1.23. The van der Waals surface area contributed by atoms with Gasteiger partial charge < -0.3 is 15.5 Å². The highest BCUT2D eigenvalue weighted by molar-refractivity contribution is 5.79. The molecule has 3 rings (SSSR count). The molecule has 1 saturated carbocycles. The molecule has 0 spiro atoms. The number of guanidine groups is 1. The second-order valence-electron chi connectivity index (χ2n) is 6.94. The van der Waals surface area contributed by atoms with E-state index < -0.39 is 0 Å². The fourth-order valence-corrected chi connectivity index (χ4v) is 3.11. The number of aromatic nitrogens is 1. The predicted molar refractivity (Wildman–Crippen MR) is 100 cm³/mol. The first-order valence-electron chi connectivity index (χ1n) is 9.57. The third kappa shape index (κ3) is 5.39. The molecule has 5 nitrogen and oxygen atoms in total. The summed E-state index contributed by atoms with van der Waals surface area (Å²) in [6.45, 7) is 7.01. The number of anilines is 1. The zero-order chi connectivity index (χ0) is 16.6. The molecule has 2 aliphatic rings. The Hall–Kier alpha value is -1.78. The minimum atomic E-state index is 0.698. The van der Waals surface area contributed by atoms with Gasteiger partial charge in [0.1, 0.15) is 5.82 Å². The van der Waals surface area contributed by atoms with E-state index in [-0.39, 0.29) is 0 Å². The van der Waals surface area contributed by atoms with Crippen molar-refractivity contribution in [1.82, 2.24) is 15.6 Å². The highest BCUT2D eigenvalue weighted by Crippen LogP contribution is 2.27. The van der Waals surface area contributed by atoms with Crippen molar-refractivity contribution in [3.8, 4) is 0 Å². The first-order chi connectivity index (χ1) is 11.8. The van der Waals surface area contributed by atoms with Crippen LogP contribution in [0.2, 0.25) is 0 Å². The van der Waals surface area contributed by atoms with Crippen LogP contribution >= 0.6 is 0 Å². The molecule has 24 heavy (non-hydrogen) atoms. The summed E-state index contributed by atoms with van der Waals surface area (Å²) in [5.74, 6) is 2.89. The largest absolute Gasteiger partial charge is 0.357 e. The van der Waals surface area contributed by atoms with Gasteiger partial charge in [0.2, 0.25) is 0 Å². The molecular weight excluding hydrogens is 298 g/mol. The van der Waals surface area contributed by atoms with Crippen molar-refractivity contribution < 1.29 is 0 Å². The van der Waals surface area contributed by atoms with Gasteiger partial charge in [-0.25, -0.2) is 9.98 Å². The van der Waals surface area contributed by atoms with Crippen molar-refractivity contribution in [3.05, 3.63) is 23.9 Å². The molecule has 0 bridgehead atoms. The standard InChI is InChI=1S/C19H31N5/c1-2-20-19(22-14-16-7-8-16)23-15-17-9-10-21-18(13-17)24-11-5-3-4-6-12-24/h9-10,13,16H,2-8,11-12,14-15H2,1H3,(H2,20,22,23). The van der Waals surface area contributed by atoms with Gasteiger partial charge in [0.15, 0.2) is 5.96 Å². The van der Waals surface area contributed by atoms with Gasteiger partial charge in [-0.05, 0) is 56.2 Å². The molecule has 0 amide bonds. The lowest BCUT2D eigenvalue weighted by Crippen LogP contribution is -2.38. The smallest absolute Gasteiger partial charge is 0.191 e. The van der Waals surface area contributed by atoms with Crippen molar-refractivity contribution in [2.75, 3.05) is 31.1 Å². The maximum atomic E-state index is 4.74. The van der Waals surface area contributed by atoms with Gasteiger partial charge in [-0.1, -0.05) is 12.8 Å². The summed E-state index contributed by atoms with van der Waals surface area (Å²) in [6.07, 6.45) is 9.89. The fraction of sp³-hybridized carbons (Fsp3) is 0.684. The van der Waals surface area contributed by atoms with Crippen LogP contribution < -0.4 is 15.5 Å². The zero-order valence-corrected chi connectivity index (χ0v) is 14.9. The molecule has 0 atom stereocenters. The lowest BCUT2D eigenvalue weighted by molar-refractivity contribution is 0.726. The Morgan fingerprint density at radius 1 is 1.21 bits per heavy atom. The van der Waals surface area contributed by atoms with E-state index in [9.17, 15) is 0 Å². The molecule has 2 N–H and O–H groups in total. The number of hydrogen-bond donors (Lipinski definition) is 2. The minimum absolute atomic E-state index is 0.698. The topological polar surface area (TPSA) is 52.6 Å². The van der Waals surface area contributed by atoms with Crippen LogP contribution in [-0.4, -0.2) is 37.1 Å². The number of rotatable bonds is 6. The van der Waals surface area contributed by atoms with Gasteiger partial charge in [-0.3, -0.25) is 0 Å². The number of nitrogens with zero attached hydrogens (tertiary/aromatic N) is 3. The number of aliphatic imine (C=N–C) groups is 1. The molecular formula is C19H31N5. The second kappa shape index (κ2) is 8.90. The lowest BCUT2D eigenvalue weighted by atomic mass is 10.2. The van der Waals surface area contributed by atoms with Gasteiger partial charge >= 0.3 is 0 Å². The van der Waals surface area contributed by atoms with Gasteiger partial charge in [-0.2, -0.15) is 0 Å². The quantitative estimate of drug-likeness (QED) is 0.622. The van der Waals surface area contributed by atoms with E-state index in [1.807, 2.05) is 6.20 Å². The Kier molecular flexibility index (Phi) is 6.33. The molecule has 1 saturated heterocycles. The van der Waals surface area contributed by atoms with Gasteiger partial charge in [0.05, 0.1) is 6.54 Å². The predicted octanol–water partition coefficient (Wildman–Crippen LogP) is 2.93. The third-order valence-corrected chi connectivity index (χ3v) is 4.76. The van der Waals surface area contributed by atoms with Crippen LogP contribution in [0, 0.1) is 5.92 Å². The molecule has 1 aliphatic carbocycles. The number of pyridine rings is 1. The van der Waals surface area contributed by atoms with Crippen LogP contribution in [0.15, 0.2) is 23.3 Å². The first kappa shape index (κ1) is 17.1. The van der Waals surface area contributed by atoms with Crippen LogP contribution in [0.5, 0.6) is 0 Å². The van der Waals surface area contributed by atoms with E-state index in [0.717, 1.165) is 43.9 Å².